The maximum Gasteiger partial charge on any atom is 0.274 e. The van der Waals surface area contributed by atoms with Crippen LogP contribution in [0.1, 0.15) is 34.8 Å². The van der Waals surface area contributed by atoms with Gasteiger partial charge in [0.2, 0.25) is 0 Å². The fraction of sp³-hybridized carbons (Fsp3) is 0.200. The van der Waals surface area contributed by atoms with Crippen molar-refractivity contribution in [1.29, 1.82) is 0 Å². The predicted octanol–water partition coefficient (Wildman–Crippen LogP) is 3.21. The zero-order valence-corrected chi connectivity index (χ0v) is 9.97. The summed E-state index contributed by atoms with van der Waals surface area (Å²) in [7, 11) is 0. The monoisotopic (exact) mass is 238 g/mol. The summed E-state index contributed by atoms with van der Waals surface area (Å²) >= 11 is 0. The first kappa shape index (κ1) is 11.0. The van der Waals surface area contributed by atoms with Crippen LogP contribution < -0.4 is 5.32 Å². The van der Waals surface area contributed by atoms with Crippen LogP contribution in [0.15, 0.2) is 48.7 Å². The van der Waals surface area contributed by atoms with Gasteiger partial charge in [-0.05, 0) is 48.6 Å². The summed E-state index contributed by atoms with van der Waals surface area (Å²) in [6.07, 6.45) is 4.14. The SMILES string of the molecule is O=C(Nc1cccc(C2CC2)c1)c1ccccn1. The van der Waals surface area contributed by atoms with E-state index in [1.807, 2.05) is 18.2 Å². The molecule has 0 saturated heterocycles. The number of aromatic nitrogens is 1. The number of benzene rings is 1. The van der Waals surface area contributed by atoms with Crippen molar-refractivity contribution in [3.63, 3.8) is 0 Å². The number of nitrogens with zero attached hydrogens (tertiary/aromatic N) is 1. The molecule has 1 fully saturated rings. The van der Waals surface area contributed by atoms with E-state index >= 15 is 0 Å². The van der Waals surface area contributed by atoms with Gasteiger partial charge in [-0.25, -0.2) is 0 Å². The highest BCUT2D eigenvalue weighted by Crippen LogP contribution is 2.40. The summed E-state index contributed by atoms with van der Waals surface area (Å²) < 4.78 is 0. The lowest BCUT2D eigenvalue weighted by Crippen LogP contribution is -2.13. The van der Waals surface area contributed by atoms with E-state index in [1.165, 1.54) is 18.4 Å². The van der Waals surface area contributed by atoms with Crippen LogP contribution in [0.4, 0.5) is 5.69 Å². The topological polar surface area (TPSA) is 42.0 Å². The van der Waals surface area contributed by atoms with E-state index in [9.17, 15) is 4.79 Å². The quantitative estimate of drug-likeness (QED) is 0.892. The minimum atomic E-state index is -0.163. The molecule has 0 aliphatic heterocycles. The smallest absolute Gasteiger partial charge is 0.274 e. The molecule has 90 valence electrons. The number of carbonyl (C=O) groups is 1. The summed E-state index contributed by atoms with van der Waals surface area (Å²) in [6, 6.07) is 13.4. The largest absolute Gasteiger partial charge is 0.321 e. The van der Waals surface area contributed by atoms with Gasteiger partial charge in [-0.2, -0.15) is 0 Å². The van der Waals surface area contributed by atoms with E-state index in [0.29, 0.717) is 11.6 Å². The summed E-state index contributed by atoms with van der Waals surface area (Å²) in [5, 5.41) is 2.88. The lowest BCUT2D eigenvalue weighted by Gasteiger charge is -2.06. The van der Waals surface area contributed by atoms with Crippen LogP contribution in [0.3, 0.4) is 0 Å². The van der Waals surface area contributed by atoms with Gasteiger partial charge >= 0.3 is 0 Å². The predicted molar refractivity (Wildman–Crippen MR) is 70.6 cm³/mol. The molecule has 1 saturated carbocycles. The molecule has 1 aromatic heterocycles. The Balaban J connectivity index is 1.76. The van der Waals surface area contributed by atoms with Crippen LogP contribution in [0, 0.1) is 0 Å². The summed E-state index contributed by atoms with van der Waals surface area (Å²) in [4.78, 5) is 16.0. The molecule has 18 heavy (non-hydrogen) atoms. The molecule has 1 heterocycles. The van der Waals surface area contributed by atoms with Gasteiger partial charge in [0.1, 0.15) is 5.69 Å². The number of carbonyl (C=O) groups excluding carboxylic acids is 1. The van der Waals surface area contributed by atoms with Gasteiger partial charge < -0.3 is 5.32 Å². The third kappa shape index (κ3) is 2.40. The second kappa shape index (κ2) is 4.61. The zero-order valence-electron chi connectivity index (χ0n) is 9.97. The molecule has 0 atom stereocenters. The van der Waals surface area contributed by atoms with Crippen molar-refractivity contribution in [3.05, 3.63) is 59.9 Å². The standard InChI is InChI=1S/C15H14N2O/c18-15(14-6-1-2-9-16-14)17-13-5-3-4-12(10-13)11-7-8-11/h1-6,9-11H,7-8H2,(H,17,18). The molecule has 3 nitrogen and oxygen atoms in total. The van der Waals surface area contributed by atoms with Gasteiger partial charge in [0.05, 0.1) is 0 Å². The Morgan fingerprint density at radius 2 is 2.06 bits per heavy atom. The van der Waals surface area contributed by atoms with Crippen molar-refractivity contribution in [2.45, 2.75) is 18.8 Å². The Labute approximate surface area is 106 Å². The molecule has 2 aromatic rings. The first-order valence-corrected chi connectivity index (χ1v) is 6.15. The molecule has 1 aliphatic carbocycles. The molecule has 0 spiro atoms. The number of nitrogens with one attached hydrogen (secondary N) is 1. The molecule has 0 unspecified atom stereocenters. The maximum atomic E-state index is 11.9. The zero-order chi connectivity index (χ0) is 12.4. The molecular weight excluding hydrogens is 224 g/mol. The number of hydrogen-bond acceptors (Lipinski definition) is 2. The first-order chi connectivity index (χ1) is 8.83. The van der Waals surface area contributed by atoms with Gasteiger partial charge in [-0.15, -0.1) is 0 Å². The average Bonchev–Trinajstić information content (AvgIpc) is 3.24. The van der Waals surface area contributed by atoms with Gasteiger partial charge in [-0.3, -0.25) is 9.78 Å². The van der Waals surface area contributed by atoms with Crippen molar-refractivity contribution in [3.8, 4) is 0 Å². The Bertz CT molecular complexity index is 562. The van der Waals surface area contributed by atoms with Crippen LogP contribution in [0.25, 0.3) is 0 Å². The molecule has 0 radical (unpaired) electrons. The number of rotatable bonds is 3. The number of anilines is 1. The summed E-state index contributed by atoms with van der Waals surface area (Å²) in [5.41, 5.74) is 2.60. The van der Waals surface area contributed by atoms with Crippen molar-refractivity contribution in [1.82, 2.24) is 4.98 Å². The molecule has 1 N–H and O–H groups in total. The molecule has 0 bridgehead atoms. The fourth-order valence-electron chi connectivity index (χ4n) is 1.98. The second-order valence-electron chi connectivity index (χ2n) is 4.57. The van der Waals surface area contributed by atoms with E-state index in [0.717, 1.165) is 5.69 Å². The number of amides is 1. The minimum absolute atomic E-state index is 0.163. The maximum absolute atomic E-state index is 11.9. The van der Waals surface area contributed by atoms with E-state index in [1.54, 1.807) is 18.3 Å². The van der Waals surface area contributed by atoms with E-state index in [2.05, 4.69) is 22.4 Å². The number of pyridine rings is 1. The Kier molecular flexibility index (Phi) is 2.81. The highest BCUT2D eigenvalue weighted by atomic mass is 16.1. The normalized spacial score (nSPS) is 14.2. The molecule has 1 amide bonds. The van der Waals surface area contributed by atoms with Crippen molar-refractivity contribution >= 4 is 11.6 Å². The third-order valence-electron chi connectivity index (χ3n) is 3.09. The van der Waals surface area contributed by atoms with Crippen molar-refractivity contribution < 1.29 is 4.79 Å². The Morgan fingerprint density at radius 1 is 1.17 bits per heavy atom. The van der Waals surface area contributed by atoms with Gasteiger partial charge in [0.25, 0.3) is 5.91 Å². The Hall–Kier alpha value is -2.16. The van der Waals surface area contributed by atoms with Gasteiger partial charge in [0.15, 0.2) is 0 Å². The van der Waals surface area contributed by atoms with Crippen LogP contribution >= 0.6 is 0 Å². The fourth-order valence-corrected chi connectivity index (χ4v) is 1.98. The van der Waals surface area contributed by atoms with Crippen LogP contribution in [0.5, 0.6) is 0 Å². The second-order valence-corrected chi connectivity index (χ2v) is 4.57. The highest BCUT2D eigenvalue weighted by Gasteiger charge is 2.23. The summed E-state index contributed by atoms with van der Waals surface area (Å²) in [6.45, 7) is 0. The minimum Gasteiger partial charge on any atom is -0.321 e. The Morgan fingerprint density at radius 3 is 2.78 bits per heavy atom. The molecule has 1 aromatic carbocycles. The lowest BCUT2D eigenvalue weighted by molar-refractivity contribution is 0.102. The van der Waals surface area contributed by atoms with Crippen LogP contribution in [-0.4, -0.2) is 10.9 Å². The third-order valence-corrected chi connectivity index (χ3v) is 3.09. The van der Waals surface area contributed by atoms with Gasteiger partial charge in [0, 0.05) is 11.9 Å². The lowest BCUT2D eigenvalue weighted by atomic mass is 10.1. The number of hydrogen-bond donors (Lipinski definition) is 1. The first-order valence-electron chi connectivity index (χ1n) is 6.15. The average molecular weight is 238 g/mol. The van der Waals surface area contributed by atoms with E-state index < -0.39 is 0 Å². The highest BCUT2D eigenvalue weighted by molar-refractivity contribution is 6.02. The molecule has 3 heteroatoms. The van der Waals surface area contributed by atoms with Crippen LogP contribution in [0.2, 0.25) is 0 Å². The van der Waals surface area contributed by atoms with Crippen molar-refractivity contribution in [2.24, 2.45) is 0 Å². The van der Waals surface area contributed by atoms with E-state index in [-0.39, 0.29) is 5.91 Å². The van der Waals surface area contributed by atoms with Crippen LogP contribution in [-0.2, 0) is 0 Å². The molecule has 1 aliphatic rings. The molecule has 3 rings (SSSR count). The van der Waals surface area contributed by atoms with Gasteiger partial charge in [-0.1, -0.05) is 18.2 Å². The molecular formula is C15H14N2O. The van der Waals surface area contributed by atoms with Crippen molar-refractivity contribution in [2.75, 3.05) is 5.32 Å². The van der Waals surface area contributed by atoms with E-state index in [4.69, 9.17) is 0 Å². The summed E-state index contributed by atoms with van der Waals surface area (Å²) in [5.74, 6) is 0.528.